The Labute approximate surface area is 113 Å². The molecule has 18 heavy (non-hydrogen) atoms. The Morgan fingerprint density at radius 2 is 1.94 bits per heavy atom. The molecule has 0 atom stereocenters. The summed E-state index contributed by atoms with van der Waals surface area (Å²) in [4.78, 5) is 0. The van der Waals surface area contributed by atoms with E-state index in [4.69, 9.17) is 33.3 Å². The van der Waals surface area contributed by atoms with E-state index in [1.807, 2.05) is 32.0 Å². The summed E-state index contributed by atoms with van der Waals surface area (Å²) in [7, 11) is 0. The van der Waals surface area contributed by atoms with Gasteiger partial charge in [0.25, 0.3) is 0 Å². The predicted molar refractivity (Wildman–Crippen MR) is 75.3 cm³/mol. The molecule has 0 heterocycles. The maximum Gasteiger partial charge on any atom is 0.180 e. The summed E-state index contributed by atoms with van der Waals surface area (Å²) in [6.45, 7) is 5.42. The van der Waals surface area contributed by atoms with Crippen molar-refractivity contribution >= 4 is 17.3 Å². The first-order valence-electron chi connectivity index (χ1n) is 5.78. The van der Waals surface area contributed by atoms with Crippen molar-refractivity contribution in [3.63, 3.8) is 0 Å². The number of thiocarbonyl (C=S) groups is 1. The van der Waals surface area contributed by atoms with Crippen LogP contribution in [0.4, 0.5) is 0 Å². The van der Waals surface area contributed by atoms with Crippen LogP contribution in [0.3, 0.4) is 0 Å². The fourth-order valence-electron chi connectivity index (χ4n) is 1.49. The zero-order chi connectivity index (χ0) is 13.5. The van der Waals surface area contributed by atoms with Crippen molar-refractivity contribution in [3.8, 4) is 11.5 Å². The molecule has 0 bridgehead atoms. The second-order valence-corrected chi connectivity index (χ2v) is 4.02. The predicted octanol–water partition coefficient (Wildman–Crippen LogP) is 1.40. The summed E-state index contributed by atoms with van der Waals surface area (Å²) in [5, 5.41) is 1.43. The van der Waals surface area contributed by atoms with Gasteiger partial charge in [-0.3, -0.25) is 5.01 Å². The second-order valence-electron chi connectivity index (χ2n) is 3.60. The largest absolute Gasteiger partial charge is 0.494 e. The van der Waals surface area contributed by atoms with Gasteiger partial charge in [-0.05, 0) is 44.3 Å². The highest BCUT2D eigenvalue weighted by atomic mass is 32.1. The Hall–Kier alpha value is -1.53. The van der Waals surface area contributed by atoms with E-state index >= 15 is 0 Å². The van der Waals surface area contributed by atoms with Gasteiger partial charge in [-0.1, -0.05) is 0 Å². The molecule has 0 saturated heterocycles. The average molecular weight is 269 g/mol. The van der Waals surface area contributed by atoms with Gasteiger partial charge in [-0.15, -0.1) is 0 Å². The molecule has 100 valence electrons. The van der Waals surface area contributed by atoms with Crippen molar-refractivity contribution in [2.45, 2.75) is 20.4 Å². The molecule has 1 rings (SSSR count). The van der Waals surface area contributed by atoms with Crippen LogP contribution in [0.5, 0.6) is 11.5 Å². The van der Waals surface area contributed by atoms with Gasteiger partial charge in [0, 0.05) is 5.56 Å². The van der Waals surface area contributed by atoms with E-state index in [-0.39, 0.29) is 5.11 Å². The number of nitrogens with zero attached hydrogens (tertiary/aromatic N) is 1. The lowest BCUT2D eigenvalue weighted by molar-refractivity contribution is 0.321. The lowest BCUT2D eigenvalue weighted by Crippen LogP contribution is -2.40. The zero-order valence-corrected chi connectivity index (χ0v) is 11.5. The van der Waals surface area contributed by atoms with E-state index < -0.39 is 0 Å². The number of ether oxygens (including phenoxy) is 2. The van der Waals surface area contributed by atoms with E-state index in [1.54, 1.807) is 0 Å². The fourth-order valence-corrected chi connectivity index (χ4v) is 1.56. The number of hydrogen-bond donors (Lipinski definition) is 2. The standard InChI is InChI=1S/C12H19N3O2S/c1-3-16-10-5-6-11(17-4-2)9(7-10)8-15(14)12(13)18/h5-7H,3-4,8,14H2,1-2H3,(H2,13,18). The summed E-state index contributed by atoms with van der Waals surface area (Å²) in [6, 6.07) is 5.60. The third-order valence-electron chi connectivity index (χ3n) is 2.27. The normalized spacial score (nSPS) is 9.94. The van der Waals surface area contributed by atoms with Crippen LogP contribution in [-0.2, 0) is 6.54 Å². The Morgan fingerprint density at radius 1 is 1.28 bits per heavy atom. The van der Waals surface area contributed by atoms with E-state index in [0.29, 0.717) is 19.8 Å². The molecule has 0 unspecified atom stereocenters. The van der Waals surface area contributed by atoms with Crippen molar-refractivity contribution < 1.29 is 9.47 Å². The summed E-state index contributed by atoms with van der Waals surface area (Å²) >= 11 is 4.82. The van der Waals surface area contributed by atoms with E-state index in [0.717, 1.165) is 17.1 Å². The number of benzene rings is 1. The van der Waals surface area contributed by atoms with E-state index in [1.165, 1.54) is 5.01 Å². The van der Waals surface area contributed by atoms with Gasteiger partial charge in [0.2, 0.25) is 0 Å². The van der Waals surface area contributed by atoms with E-state index in [2.05, 4.69) is 0 Å². The number of nitrogens with two attached hydrogens (primary N) is 2. The Kier molecular flexibility index (Phi) is 5.67. The van der Waals surface area contributed by atoms with Gasteiger partial charge in [0.1, 0.15) is 11.5 Å². The van der Waals surface area contributed by atoms with Crippen LogP contribution >= 0.6 is 12.2 Å². The smallest absolute Gasteiger partial charge is 0.180 e. The maximum absolute atomic E-state index is 5.71. The molecule has 6 heteroatoms. The Bertz CT molecular complexity index is 412. The average Bonchev–Trinajstić information content (AvgIpc) is 2.33. The number of rotatable bonds is 6. The molecule has 4 N–H and O–H groups in total. The fraction of sp³-hybridized carbons (Fsp3) is 0.417. The Balaban J connectivity index is 2.95. The first-order valence-corrected chi connectivity index (χ1v) is 6.19. The van der Waals surface area contributed by atoms with Crippen molar-refractivity contribution in [2.24, 2.45) is 11.6 Å². The molecule has 0 amide bonds. The third-order valence-corrected chi connectivity index (χ3v) is 2.50. The van der Waals surface area contributed by atoms with Crippen LogP contribution in [0.1, 0.15) is 19.4 Å². The minimum absolute atomic E-state index is 0.138. The molecule has 0 aliphatic rings. The molecule has 0 aliphatic heterocycles. The van der Waals surface area contributed by atoms with Gasteiger partial charge in [-0.25, -0.2) is 5.84 Å². The molecule has 0 radical (unpaired) electrons. The second kappa shape index (κ2) is 7.03. The van der Waals surface area contributed by atoms with Gasteiger partial charge in [0.15, 0.2) is 5.11 Å². The summed E-state index contributed by atoms with van der Waals surface area (Å²) < 4.78 is 11.0. The van der Waals surface area contributed by atoms with Crippen molar-refractivity contribution in [1.82, 2.24) is 5.01 Å². The highest BCUT2D eigenvalue weighted by Crippen LogP contribution is 2.25. The van der Waals surface area contributed by atoms with Crippen LogP contribution in [0.15, 0.2) is 18.2 Å². The van der Waals surface area contributed by atoms with Gasteiger partial charge >= 0.3 is 0 Å². The minimum Gasteiger partial charge on any atom is -0.494 e. The molecule has 1 aromatic carbocycles. The van der Waals surface area contributed by atoms with Gasteiger partial charge < -0.3 is 15.2 Å². The topological polar surface area (TPSA) is 73.7 Å². The molecular formula is C12H19N3O2S. The van der Waals surface area contributed by atoms with Crippen LogP contribution in [-0.4, -0.2) is 23.3 Å². The molecular weight excluding hydrogens is 250 g/mol. The highest BCUT2D eigenvalue weighted by Gasteiger charge is 2.10. The highest BCUT2D eigenvalue weighted by molar-refractivity contribution is 7.80. The summed E-state index contributed by atoms with van der Waals surface area (Å²) in [5.41, 5.74) is 6.35. The van der Waals surface area contributed by atoms with Crippen LogP contribution in [0.25, 0.3) is 0 Å². The molecule has 1 aromatic rings. The van der Waals surface area contributed by atoms with Crippen molar-refractivity contribution in [2.75, 3.05) is 13.2 Å². The number of hydrogen-bond acceptors (Lipinski definition) is 4. The molecule has 0 aromatic heterocycles. The van der Waals surface area contributed by atoms with Crippen LogP contribution in [0, 0.1) is 0 Å². The quantitative estimate of drug-likeness (QED) is 0.462. The monoisotopic (exact) mass is 269 g/mol. The number of hydrazine groups is 1. The molecule has 0 spiro atoms. The first-order chi connectivity index (χ1) is 8.58. The lowest BCUT2D eigenvalue weighted by Gasteiger charge is -2.19. The van der Waals surface area contributed by atoms with E-state index in [9.17, 15) is 0 Å². The molecule has 5 nitrogen and oxygen atoms in total. The van der Waals surface area contributed by atoms with Crippen molar-refractivity contribution in [3.05, 3.63) is 23.8 Å². The molecule has 0 fully saturated rings. The lowest BCUT2D eigenvalue weighted by atomic mass is 10.2. The van der Waals surface area contributed by atoms with Crippen LogP contribution in [0.2, 0.25) is 0 Å². The third kappa shape index (κ3) is 4.05. The Morgan fingerprint density at radius 3 is 2.50 bits per heavy atom. The van der Waals surface area contributed by atoms with Crippen molar-refractivity contribution in [1.29, 1.82) is 0 Å². The summed E-state index contributed by atoms with van der Waals surface area (Å²) in [6.07, 6.45) is 0. The van der Waals surface area contributed by atoms with Crippen LogP contribution < -0.4 is 21.1 Å². The van der Waals surface area contributed by atoms with Gasteiger partial charge in [-0.2, -0.15) is 0 Å². The molecule has 0 saturated carbocycles. The summed E-state index contributed by atoms with van der Waals surface area (Å²) in [5.74, 6) is 7.24. The first kappa shape index (κ1) is 14.5. The minimum atomic E-state index is 0.138. The zero-order valence-electron chi connectivity index (χ0n) is 10.7. The SMILES string of the molecule is CCOc1ccc(OCC)c(CN(N)C(N)=S)c1. The van der Waals surface area contributed by atoms with Gasteiger partial charge in [0.05, 0.1) is 19.8 Å². The maximum atomic E-state index is 5.71. The molecule has 0 aliphatic carbocycles.